The summed E-state index contributed by atoms with van der Waals surface area (Å²) in [7, 11) is -4.00. The third kappa shape index (κ3) is 5.59. The zero-order valence-corrected chi connectivity index (χ0v) is 23.7. The van der Waals surface area contributed by atoms with Gasteiger partial charge in [-0.3, -0.25) is 4.79 Å². The lowest BCUT2D eigenvalue weighted by Crippen LogP contribution is -2.45. The molecule has 0 fully saturated rings. The molecule has 1 heterocycles. The Kier molecular flexibility index (Phi) is 7.91. The fourth-order valence-electron chi connectivity index (χ4n) is 5.10. The van der Waals surface area contributed by atoms with E-state index in [9.17, 15) is 13.2 Å². The number of hydrogen-bond donors (Lipinski definition) is 2. The second-order valence-corrected chi connectivity index (χ2v) is 11.4. The number of amides is 1. The smallest absolute Gasteiger partial charge is 0.242 e. The zero-order valence-electron chi connectivity index (χ0n) is 22.8. The number of benzene rings is 4. The molecule has 0 saturated heterocycles. The molecular formula is C32H33N3O4S. The van der Waals surface area contributed by atoms with Gasteiger partial charge in [0.25, 0.3) is 0 Å². The number of aryl methyl sites for hydroxylation is 2. The van der Waals surface area contributed by atoms with Gasteiger partial charge in [-0.25, -0.2) is 8.42 Å². The van der Waals surface area contributed by atoms with E-state index >= 15 is 0 Å². The fraction of sp³-hybridized carbons (Fsp3) is 0.219. The van der Waals surface area contributed by atoms with Crippen molar-refractivity contribution in [2.24, 2.45) is 0 Å². The molecule has 206 valence electrons. The first-order valence-corrected chi connectivity index (χ1v) is 14.9. The van der Waals surface area contributed by atoms with Crippen molar-refractivity contribution < 1.29 is 17.9 Å². The Balaban J connectivity index is 1.45. The van der Waals surface area contributed by atoms with Crippen LogP contribution in [0, 0.1) is 6.92 Å². The van der Waals surface area contributed by atoms with Gasteiger partial charge in [-0.2, -0.15) is 4.72 Å². The minimum Gasteiger partial charge on any atom is -0.494 e. The Hall–Kier alpha value is -4.14. The van der Waals surface area contributed by atoms with Gasteiger partial charge < -0.3 is 14.6 Å². The number of carbonyl (C=O) groups is 1. The second kappa shape index (κ2) is 11.5. The summed E-state index contributed by atoms with van der Waals surface area (Å²) in [6.07, 6.45) is 0.194. The minimum absolute atomic E-state index is 0.0770. The fourth-order valence-corrected chi connectivity index (χ4v) is 6.38. The molecule has 0 aliphatic heterocycles. The summed E-state index contributed by atoms with van der Waals surface area (Å²) in [6.45, 7) is 7.08. The lowest BCUT2D eigenvalue weighted by molar-refractivity contribution is -0.117. The molecule has 0 aliphatic carbocycles. The van der Waals surface area contributed by atoms with Gasteiger partial charge in [0.1, 0.15) is 11.8 Å². The number of hydrogen-bond acceptors (Lipinski definition) is 4. The Bertz CT molecular complexity index is 1780. The van der Waals surface area contributed by atoms with E-state index in [0.29, 0.717) is 23.6 Å². The molecule has 7 nitrogen and oxygen atoms in total. The van der Waals surface area contributed by atoms with Crippen LogP contribution in [-0.2, 0) is 27.8 Å². The van der Waals surface area contributed by atoms with Crippen molar-refractivity contribution in [2.45, 2.75) is 44.7 Å². The van der Waals surface area contributed by atoms with Crippen molar-refractivity contribution in [3.05, 3.63) is 102 Å². The molecule has 0 unspecified atom stereocenters. The van der Waals surface area contributed by atoms with Gasteiger partial charge in [0.2, 0.25) is 15.9 Å². The van der Waals surface area contributed by atoms with Gasteiger partial charge in [0.15, 0.2) is 0 Å². The van der Waals surface area contributed by atoms with Gasteiger partial charge in [-0.1, -0.05) is 48.5 Å². The predicted molar refractivity (Wildman–Crippen MR) is 160 cm³/mol. The number of carbonyl (C=O) groups excluding carboxylic acids is 1. The first-order valence-electron chi connectivity index (χ1n) is 13.4. The molecule has 0 spiro atoms. The number of ether oxygens (including phenoxy) is 1. The summed E-state index contributed by atoms with van der Waals surface area (Å²) in [6, 6.07) is 27.0. The normalized spacial score (nSPS) is 12.5. The third-order valence-electron chi connectivity index (χ3n) is 7.01. The molecule has 0 aliphatic rings. The summed E-state index contributed by atoms with van der Waals surface area (Å²) in [5, 5.41) is 5.09. The van der Waals surface area contributed by atoms with Crippen LogP contribution < -0.4 is 14.8 Å². The highest BCUT2D eigenvalue weighted by atomic mass is 32.2. The van der Waals surface area contributed by atoms with Crippen molar-refractivity contribution >= 4 is 43.4 Å². The van der Waals surface area contributed by atoms with E-state index < -0.39 is 22.0 Å². The Morgan fingerprint density at radius 1 is 0.875 bits per heavy atom. The second-order valence-electron chi connectivity index (χ2n) is 9.71. The maximum Gasteiger partial charge on any atom is 0.242 e. The summed E-state index contributed by atoms with van der Waals surface area (Å²) in [5.41, 5.74) is 4.35. The number of rotatable bonds is 10. The molecule has 0 saturated carbocycles. The highest BCUT2D eigenvalue weighted by Crippen LogP contribution is 2.31. The zero-order chi connectivity index (χ0) is 28.3. The number of aromatic nitrogens is 1. The van der Waals surface area contributed by atoms with Crippen molar-refractivity contribution in [1.82, 2.24) is 9.29 Å². The maximum atomic E-state index is 13.6. The number of anilines is 1. The highest BCUT2D eigenvalue weighted by Gasteiger charge is 2.27. The van der Waals surface area contributed by atoms with Gasteiger partial charge in [0.05, 0.1) is 11.5 Å². The SMILES string of the molecule is CCOc1ccc(S(=O)(=O)N[C@H](Cc2ccccc2)C(=O)Nc2ccc3c(c2)c2ccccc2n3CC)cc1C. The van der Waals surface area contributed by atoms with E-state index in [1.165, 1.54) is 6.07 Å². The lowest BCUT2D eigenvalue weighted by atomic mass is 10.1. The summed E-state index contributed by atoms with van der Waals surface area (Å²) >= 11 is 0. The van der Waals surface area contributed by atoms with Crippen LogP contribution in [0.5, 0.6) is 5.75 Å². The molecule has 40 heavy (non-hydrogen) atoms. The van der Waals surface area contributed by atoms with Crippen LogP contribution in [-0.4, -0.2) is 31.5 Å². The van der Waals surface area contributed by atoms with Crippen LogP contribution in [0.1, 0.15) is 25.0 Å². The molecule has 2 N–H and O–H groups in total. The lowest BCUT2D eigenvalue weighted by Gasteiger charge is -2.19. The summed E-state index contributed by atoms with van der Waals surface area (Å²) in [5.74, 6) is 0.188. The molecular weight excluding hydrogens is 522 g/mol. The predicted octanol–water partition coefficient (Wildman–Crippen LogP) is 6.05. The van der Waals surface area contributed by atoms with Crippen LogP contribution in [0.2, 0.25) is 0 Å². The van der Waals surface area contributed by atoms with Gasteiger partial charge >= 0.3 is 0 Å². The Labute approximate surface area is 234 Å². The van der Waals surface area contributed by atoms with E-state index in [4.69, 9.17) is 4.74 Å². The van der Waals surface area contributed by atoms with E-state index in [2.05, 4.69) is 33.7 Å². The highest BCUT2D eigenvalue weighted by molar-refractivity contribution is 7.89. The van der Waals surface area contributed by atoms with Crippen LogP contribution in [0.25, 0.3) is 21.8 Å². The van der Waals surface area contributed by atoms with E-state index in [1.54, 1.807) is 19.1 Å². The van der Waals surface area contributed by atoms with E-state index in [-0.39, 0.29) is 11.3 Å². The molecule has 5 rings (SSSR count). The third-order valence-corrected chi connectivity index (χ3v) is 8.48. The first kappa shape index (κ1) is 27.4. The Morgan fingerprint density at radius 3 is 2.33 bits per heavy atom. The number of para-hydroxylation sites is 1. The maximum absolute atomic E-state index is 13.6. The number of nitrogens with one attached hydrogen (secondary N) is 2. The average molecular weight is 556 g/mol. The van der Waals surface area contributed by atoms with Crippen molar-refractivity contribution in [3.63, 3.8) is 0 Å². The minimum atomic E-state index is -4.00. The molecule has 1 amide bonds. The molecule has 8 heteroatoms. The van der Waals surface area contributed by atoms with Crippen LogP contribution in [0.4, 0.5) is 5.69 Å². The number of sulfonamides is 1. The van der Waals surface area contributed by atoms with E-state index in [0.717, 1.165) is 33.9 Å². The Morgan fingerprint density at radius 2 is 1.60 bits per heavy atom. The molecule has 4 aromatic carbocycles. The van der Waals surface area contributed by atoms with Crippen molar-refractivity contribution in [3.8, 4) is 5.75 Å². The largest absolute Gasteiger partial charge is 0.494 e. The molecule has 1 atom stereocenters. The van der Waals surface area contributed by atoms with Crippen LogP contribution >= 0.6 is 0 Å². The number of nitrogens with zero attached hydrogens (tertiary/aromatic N) is 1. The molecule has 0 radical (unpaired) electrons. The quantitative estimate of drug-likeness (QED) is 0.220. The molecule has 5 aromatic rings. The topological polar surface area (TPSA) is 89.4 Å². The molecule has 0 bridgehead atoms. The summed E-state index contributed by atoms with van der Waals surface area (Å²) in [4.78, 5) is 13.7. The molecule has 1 aromatic heterocycles. The first-order chi connectivity index (χ1) is 19.3. The monoisotopic (exact) mass is 555 g/mol. The van der Waals surface area contributed by atoms with Gasteiger partial charge in [0, 0.05) is 34.0 Å². The standard InChI is InChI=1S/C32H33N3O4S/c1-4-35-29-14-10-9-13-26(29)27-21-24(15-17-30(27)35)33-32(36)28(20-23-11-7-6-8-12-23)34-40(37,38)25-16-18-31(39-5-2)22(3)19-25/h6-19,21,28,34H,4-5,20H2,1-3H3,(H,33,36)/t28-/m1/s1. The van der Waals surface area contributed by atoms with Crippen molar-refractivity contribution in [2.75, 3.05) is 11.9 Å². The summed E-state index contributed by atoms with van der Waals surface area (Å²) < 4.78 is 37.3. The van der Waals surface area contributed by atoms with Crippen molar-refractivity contribution in [1.29, 1.82) is 0 Å². The van der Waals surface area contributed by atoms with Gasteiger partial charge in [-0.05, 0) is 80.8 Å². The number of fused-ring (bicyclic) bond motifs is 3. The van der Waals surface area contributed by atoms with E-state index in [1.807, 2.05) is 67.6 Å². The van der Waals surface area contributed by atoms with Crippen LogP contribution in [0.15, 0.2) is 95.9 Å². The average Bonchev–Trinajstić information content (AvgIpc) is 3.27. The van der Waals surface area contributed by atoms with Crippen LogP contribution in [0.3, 0.4) is 0 Å². The van der Waals surface area contributed by atoms with Gasteiger partial charge in [-0.15, -0.1) is 0 Å².